The fourth-order valence-corrected chi connectivity index (χ4v) is 7.94. The summed E-state index contributed by atoms with van der Waals surface area (Å²) in [6.07, 6.45) is 2.30. The molecule has 2 aliphatic carbocycles. The number of ether oxygens (including phenoxy) is 2. The Balaban J connectivity index is 0.942. The number of anilines is 2. The normalized spacial score (nSPS) is 14.0. The van der Waals surface area contributed by atoms with Crippen molar-refractivity contribution in [3.63, 3.8) is 0 Å². The van der Waals surface area contributed by atoms with Crippen LogP contribution in [-0.4, -0.2) is 59.5 Å². The Morgan fingerprint density at radius 1 is 0.474 bits per heavy atom. The molecule has 57 heavy (non-hydrogen) atoms. The molecular formula is C43H32N4O8S2. The maximum atomic E-state index is 13.2. The number of benzene rings is 6. The van der Waals surface area contributed by atoms with Crippen LogP contribution in [0, 0.1) is 0 Å². The summed E-state index contributed by atoms with van der Waals surface area (Å²) in [7, 11) is -6.66. The molecule has 14 heteroatoms. The van der Waals surface area contributed by atoms with Crippen LogP contribution in [-0.2, 0) is 29.1 Å². The van der Waals surface area contributed by atoms with Crippen molar-refractivity contribution in [3.05, 3.63) is 167 Å². The van der Waals surface area contributed by atoms with Crippen LogP contribution in [0.2, 0.25) is 0 Å². The van der Waals surface area contributed by atoms with Gasteiger partial charge in [-0.1, -0.05) is 60.7 Å². The summed E-state index contributed by atoms with van der Waals surface area (Å²) in [5.74, 6) is -1.36. The van der Waals surface area contributed by atoms with Crippen LogP contribution in [0.4, 0.5) is 11.4 Å². The Kier molecular flexibility index (Phi) is 9.51. The van der Waals surface area contributed by atoms with Gasteiger partial charge in [-0.25, -0.2) is 26.4 Å². The minimum absolute atomic E-state index is 0.204. The molecule has 0 radical (unpaired) electrons. The number of nitrogens with one attached hydrogen (secondary N) is 2. The number of hydrazone groups is 2. The SMILES string of the molecule is CS(=O)(=O)c1ccc(N/N=C2/c3ccccc3-c3cc(C(=O)OCOC(=O)c4ccc5c(c4)-c4ccccc4/C5=N/Nc4ccc(S(C)(=O)=O)cc4)ccc32)cc1. The molecular weight excluding hydrogens is 765 g/mol. The summed E-state index contributed by atoms with van der Waals surface area (Å²) in [5, 5.41) is 9.25. The largest absolute Gasteiger partial charge is 0.424 e. The Morgan fingerprint density at radius 2 is 0.825 bits per heavy atom. The first-order valence-corrected chi connectivity index (χ1v) is 21.2. The summed E-state index contributed by atoms with van der Waals surface area (Å²) in [6.45, 7) is -0.609. The van der Waals surface area contributed by atoms with E-state index in [2.05, 4.69) is 21.1 Å². The van der Waals surface area contributed by atoms with Gasteiger partial charge in [0.15, 0.2) is 19.7 Å². The van der Waals surface area contributed by atoms with Crippen molar-refractivity contribution in [2.24, 2.45) is 10.2 Å². The number of carbonyl (C=O) groups excluding carboxylic acids is 2. The smallest absolute Gasteiger partial charge is 0.341 e. The van der Waals surface area contributed by atoms with Crippen molar-refractivity contribution in [2.45, 2.75) is 9.79 Å². The average Bonchev–Trinajstić information content (AvgIpc) is 3.70. The van der Waals surface area contributed by atoms with Gasteiger partial charge in [-0.2, -0.15) is 10.2 Å². The van der Waals surface area contributed by atoms with Gasteiger partial charge in [0, 0.05) is 34.8 Å². The monoisotopic (exact) mass is 796 g/mol. The Hall–Kier alpha value is -6.90. The predicted octanol–water partition coefficient (Wildman–Crippen LogP) is 7.15. The highest BCUT2D eigenvalue weighted by molar-refractivity contribution is 7.91. The Bertz CT molecular complexity index is 2710. The molecule has 0 spiro atoms. The first-order chi connectivity index (χ1) is 27.3. The standard InChI is InChI=1S/C43H32N4O8S2/c1-56(50,51)30-17-13-28(14-18-30)44-46-40-34-9-5-3-7-32(34)38-23-26(11-21-36(38)40)42(48)54-25-55-43(49)27-12-22-37-39(24-27)33-8-4-6-10-35(33)41(37)47-45-29-15-19-31(20-16-29)57(2,52)53/h3-24,44-45H,25H2,1-2H3/b46-40-,47-41-. The van der Waals surface area contributed by atoms with E-state index in [-0.39, 0.29) is 20.9 Å². The number of esters is 2. The highest BCUT2D eigenvalue weighted by atomic mass is 32.2. The molecule has 12 nitrogen and oxygen atoms in total. The summed E-state index contributed by atoms with van der Waals surface area (Å²) in [4.78, 5) is 26.8. The first kappa shape index (κ1) is 37.0. The van der Waals surface area contributed by atoms with Gasteiger partial charge in [0.05, 0.1) is 43.7 Å². The van der Waals surface area contributed by atoms with E-state index in [1.54, 1.807) is 60.7 Å². The molecule has 0 unspecified atom stereocenters. The molecule has 6 aromatic carbocycles. The van der Waals surface area contributed by atoms with Gasteiger partial charge < -0.3 is 9.47 Å². The van der Waals surface area contributed by atoms with Gasteiger partial charge in [-0.3, -0.25) is 10.9 Å². The van der Waals surface area contributed by atoms with Crippen molar-refractivity contribution in [2.75, 3.05) is 30.2 Å². The van der Waals surface area contributed by atoms with Gasteiger partial charge in [-0.15, -0.1) is 0 Å². The fraction of sp³-hybridized carbons (Fsp3) is 0.0698. The predicted molar refractivity (Wildman–Crippen MR) is 217 cm³/mol. The number of rotatable bonds is 10. The molecule has 0 bridgehead atoms. The Labute approximate surface area is 328 Å². The molecule has 6 aromatic rings. The van der Waals surface area contributed by atoms with Crippen LogP contribution in [0.25, 0.3) is 22.3 Å². The van der Waals surface area contributed by atoms with E-state index in [1.807, 2.05) is 48.5 Å². The van der Waals surface area contributed by atoms with Gasteiger partial charge in [0.25, 0.3) is 0 Å². The van der Waals surface area contributed by atoms with E-state index in [0.29, 0.717) is 22.8 Å². The number of nitrogens with zero attached hydrogens (tertiary/aromatic N) is 2. The molecule has 0 aromatic heterocycles. The molecule has 0 fully saturated rings. The zero-order chi connectivity index (χ0) is 39.9. The lowest BCUT2D eigenvalue weighted by atomic mass is 10.0. The van der Waals surface area contributed by atoms with Crippen LogP contribution < -0.4 is 10.9 Å². The van der Waals surface area contributed by atoms with Gasteiger partial charge >= 0.3 is 11.9 Å². The van der Waals surface area contributed by atoms with Gasteiger partial charge in [0.2, 0.25) is 6.79 Å². The number of fused-ring (bicyclic) bond motifs is 6. The van der Waals surface area contributed by atoms with Gasteiger partial charge in [-0.05, 0) is 95.1 Å². The molecule has 0 atom stereocenters. The quantitative estimate of drug-likeness (QED) is 0.0823. The summed E-state index contributed by atoms with van der Waals surface area (Å²) >= 11 is 0. The van der Waals surface area contributed by atoms with E-state index in [0.717, 1.165) is 57.0 Å². The first-order valence-electron chi connectivity index (χ1n) is 17.5. The molecule has 8 rings (SSSR count). The molecule has 0 saturated carbocycles. The van der Waals surface area contributed by atoms with Crippen LogP contribution in [0.15, 0.2) is 153 Å². The second kappa shape index (κ2) is 14.6. The highest BCUT2D eigenvalue weighted by Crippen LogP contribution is 2.39. The maximum absolute atomic E-state index is 13.2. The second-order valence-corrected chi connectivity index (χ2v) is 17.4. The third-order valence-corrected chi connectivity index (χ3v) is 11.8. The molecule has 2 aliphatic rings. The van der Waals surface area contributed by atoms with Gasteiger partial charge in [0.1, 0.15) is 0 Å². The number of sulfone groups is 2. The minimum atomic E-state index is -3.33. The third kappa shape index (κ3) is 7.43. The van der Waals surface area contributed by atoms with E-state index < -0.39 is 38.4 Å². The zero-order valence-corrected chi connectivity index (χ0v) is 32.0. The average molecular weight is 797 g/mol. The summed E-state index contributed by atoms with van der Waals surface area (Å²) in [6, 6.07) is 38.0. The Morgan fingerprint density at radius 3 is 1.19 bits per heavy atom. The molecule has 0 aliphatic heterocycles. The zero-order valence-electron chi connectivity index (χ0n) is 30.4. The number of carbonyl (C=O) groups is 2. The fourth-order valence-electron chi connectivity index (χ4n) is 6.68. The number of hydrogen-bond acceptors (Lipinski definition) is 12. The van der Waals surface area contributed by atoms with Crippen molar-refractivity contribution in [1.82, 2.24) is 0 Å². The van der Waals surface area contributed by atoms with E-state index in [1.165, 1.54) is 24.3 Å². The minimum Gasteiger partial charge on any atom is -0.424 e. The van der Waals surface area contributed by atoms with Crippen LogP contribution in [0.5, 0.6) is 0 Å². The van der Waals surface area contributed by atoms with Crippen molar-refractivity contribution in [1.29, 1.82) is 0 Å². The lowest BCUT2D eigenvalue weighted by Gasteiger charge is -2.09. The lowest BCUT2D eigenvalue weighted by molar-refractivity contribution is -0.0167. The molecule has 2 N–H and O–H groups in total. The second-order valence-electron chi connectivity index (χ2n) is 13.3. The molecule has 0 saturated heterocycles. The topological polar surface area (TPSA) is 170 Å². The summed E-state index contributed by atoms with van der Waals surface area (Å²) < 4.78 is 58.1. The highest BCUT2D eigenvalue weighted by Gasteiger charge is 2.28. The van der Waals surface area contributed by atoms with Crippen molar-refractivity contribution in [3.8, 4) is 22.3 Å². The molecule has 0 amide bonds. The number of hydrogen-bond donors (Lipinski definition) is 2. The van der Waals surface area contributed by atoms with Crippen molar-refractivity contribution < 1.29 is 35.9 Å². The third-order valence-electron chi connectivity index (χ3n) is 9.50. The lowest BCUT2D eigenvalue weighted by Crippen LogP contribution is -2.13. The molecule has 284 valence electrons. The molecule has 0 heterocycles. The van der Waals surface area contributed by atoms with Crippen LogP contribution >= 0.6 is 0 Å². The van der Waals surface area contributed by atoms with E-state index >= 15 is 0 Å². The van der Waals surface area contributed by atoms with E-state index in [9.17, 15) is 26.4 Å². The van der Waals surface area contributed by atoms with E-state index in [4.69, 9.17) is 9.47 Å². The summed E-state index contributed by atoms with van der Waals surface area (Å²) in [5.41, 5.74) is 15.5. The van der Waals surface area contributed by atoms with Crippen molar-refractivity contribution >= 4 is 54.4 Å². The van der Waals surface area contributed by atoms with Crippen LogP contribution in [0.3, 0.4) is 0 Å². The maximum Gasteiger partial charge on any atom is 0.341 e. The van der Waals surface area contributed by atoms with Crippen LogP contribution in [0.1, 0.15) is 43.0 Å².